The Hall–Kier alpha value is -2.93. The van der Waals surface area contributed by atoms with Gasteiger partial charge in [0, 0.05) is 0 Å². The maximum absolute atomic E-state index is 9.40. The number of benzene rings is 2. The lowest BCUT2D eigenvalue weighted by molar-refractivity contribution is 0.338. The molecule has 0 saturated carbocycles. The minimum absolute atomic E-state index is 0.0508. The van der Waals surface area contributed by atoms with Gasteiger partial charge in [0.2, 0.25) is 5.76 Å². The van der Waals surface area contributed by atoms with E-state index in [0.29, 0.717) is 11.5 Å². The Balaban J connectivity index is 2.05. The lowest BCUT2D eigenvalue weighted by Crippen LogP contribution is -2.15. The molecule has 4 nitrogen and oxygen atoms in total. The fourth-order valence-electron chi connectivity index (χ4n) is 2.58. The van der Waals surface area contributed by atoms with E-state index >= 15 is 0 Å². The van der Waals surface area contributed by atoms with Crippen molar-refractivity contribution in [2.45, 2.75) is 52.4 Å². The maximum Gasteiger partial charge on any atom is 0.226 e. The Bertz CT molecular complexity index is 859. The van der Waals surface area contributed by atoms with Gasteiger partial charge in [0.1, 0.15) is 29.9 Å². The predicted molar refractivity (Wildman–Crippen MR) is 113 cm³/mol. The molecule has 0 bridgehead atoms. The Morgan fingerprint density at radius 2 is 1.25 bits per heavy atom. The molecule has 28 heavy (non-hydrogen) atoms. The van der Waals surface area contributed by atoms with E-state index in [-0.39, 0.29) is 28.9 Å². The van der Waals surface area contributed by atoms with E-state index in [1.54, 1.807) is 0 Å². The minimum atomic E-state index is 0.0508. The zero-order valence-corrected chi connectivity index (χ0v) is 17.7. The van der Waals surface area contributed by atoms with Crippen molar-refractivity contribution in [3.63, 3.8) is 0 Å². The van der Waals surface area contributed by atoms with Crippen LogP contribution in [0.1, 0.15) is 52.7 Å². The molecule has 0 spiro atoms. The van der Waals surface area contributed by atoms with Crippen molar-refractivity contribution in [3.8, 4) is 17.6 Å². The van der Waals surface area contributed by atoms with Gasteiger partial charge in [-0.05, 0) is 46.2 Å². The summed E-state index contributed by atoms with van der Waals surface area (Å²) >= 11 is 0. The molecule has 0 aliphatic carbocycles. The first-order chi connectivity index (χ1) is 13.0. The van der Waals surface area contributed by atoms with E-state index < -0.39 is 0 Å². The van der Waals surface area contributed by atoms with Gasteiger partial charge in [0.05, 0.1) is 0 Å². The molecule has 0 aromatic heterocycles. The van der Waals surface area contributed by atoms with E-state index in [9.17, 15) is 5.26 Å². The quantitative estimate of drug-likeness (QED) is 0.556. The smallest absolute Gasteiger partial charge is 0.226 e. The molecular weight excluding hydrogens is 348 g/mol. The Kier molecular flexibility index (Phi) is 6.41. The molecule has 2 N–H and O–H groups in total. The third-order valence-electron chi connectivity index (χ3n) is 4.45. The summed E-state index contributed by atoms with van der Waals surface area (Å²) in [4.78, 5) is 0. The van der Waals surface area contributed by atoms with Gasteiger partial charge in [-0.25, -0.2) is 0 Å². The molecule has 0 radical (unpaired) electrons. The number of nitrogens with zero attached hydrogens (tertiary/aromatic N) is 1. The van der Waals surface area contributed by atoms with Crippen molar-refractivity contribution in [1.82, 2.24) is 0 Å². The summed E-state index contributed by atoms with van der Waals surface area (Å²) in [5.74, 6) is 1.32. The SMILES string of the molecule is CC(C)(C)c1ccc(OC/C(N)=C(\C#N)Oc2ccc(C(C)(C)C)cc2)cc1. The highest BCUT2D eigenvalue weighted by Crippen LogP contribution is 2.26. The number of hydrogen-bond acceptors (Lipinski definition) is 4. The Morgan fingerprint density at radius 1 is 0.821 bits per heavy atom. The molecule has 2 aromatic rings. The number of allylic oxidation sites excluding steroid dienone is 1. The van der Waals surface area contributed by atoms with Crippen molar-refractivity contribution in [3.05, 3.63) is 71.1 Å². The van der Waals surface area contributed by atoms with Crippen LogP contribution in [0.4, 0.5) is 0 Å². The number of hydrogen-bond donors (Lipinski definition) is 1. The number of nitriles is 1. The molecule has 0 aliphatic heterocycles. The van der Waals surface area contributed by atoms with Crippen LogP contribution in [0.5, 0.6) is 11.5 Å². The molecule has 0 fully saturated rings. The third-order valence-corrected chi connectivity index (χ3v) is 4.45. The molecular formula is C24H30N2O2. The van der Waals surface area contributed by atoms with Crippen molar-refractivity contribution in [2.24, 2.45) is 5.73 Å². The van der Waals surface area contributed by atoms with Crippen molar-refractivity contribution in [1.29, 1.82) is 5.26 Å². The normalized spacial score (nSPS) is 12.8. The molecule has 0 saturated heterocycles. The molecule has 4 heteroatoms. The fraction of sp³-hybridized carbons (Fsp3) is 0.375. The van der Waals surface area contributed by atoms with E-state index in [4.69, 9.17) is 15.2 Å². The first kappa shape index (κ1) is 21.4. The van der Waals surface area contributed by atoms with Crippen molar-refractivity contribution >= 4 is 0 Å². The highest BCUT2D eigenvalue weighted by atomic mass is 16.5. The first-order valence-electron chi connectivity index (χ1n) is 9.41. The third kappa shape index (κ3) is 5.79. The van der Waals surface area contributed by atoms with Gasteiger partial charge in [-0.15, -0.1) is 0 Å². The van der Waals surface area contributed by atoms with Crippen molar-refractivity contribution < 1.29 is 9.47 Å². The summed E-state index contributed by atoms with van der Waals surface area (Å²) in [6.07, 6.45) is 0. The largest absolute Gasteiger partial charge is 0.487 e. The van der Waals surface area contributed by atoms with Crippen molar-refractivity contribution in [2.75, 3.05) is 6.61 Å². The van der Waals surface area contributed by atoms with Crippen LogP contribution in [-0.2, 0) is 10.8 Å². The van der Waals surface area contributed by atoms with E-state index in [0.717, 1.165) is 0 Å². The van der Waals surface area contributed by atoms with Crippen LogP contribution in [0.25, 0.3) is 0 Å². The van der Waals surface area contributed by atoms with Gasteiger partial charge >= 0.3 is 0 Å². The van der Waals surface area contributed by atoms with E-state index in [1.165, 1.54) is 11.1 Å². The first-order valence-corrected chi connectivity index (χ1v) is 9.41. The molecule has 0 heterocycles. The van der Waals surface area contributed by atoms with Crippen LogP contribution in [-0.4, -0.2) is 6.61 Å². The predicted octanol–water partition coefficient (Wildman–Crippen LogP) is 5.43. The molecule has 2 rings (SSSR count). The zero-order chi connectivity index (χ0) is 20.9. The second kappa shape index (κ2) is 8.39. The number of rotatable bonds is 5. The van der Waals surface area contributed by atoms with Crippen LogP contribution in [0.3, 0.4) is 0 Å². The van der Waals surface area contributed by atoms with Gasteiger partial charge < -0.3 is 15.2 Å². The second-order valence-electron chi connectivity index (χ2n) is 8.91. The summed E-state index contributed by atoms with van der Waals surface area (Å²) in [5.41, 5.74) is 8.84. The molecule has 148 valence electrons. The summed E-state index contributed by atoms with van der Waals surface area (Å²) in [5, 5.41) is 9.40. The van der Waals surface area contributed by atoms with Crippen LogP contribution >= 0.6 is 0 Å². The van der Waals surface area contributed by atoms with Crippen LogP contribution in [0, 0.1) is 11.3 Å². The monoisotopic (exact) mass is 378 g/mol. The highest BCUT2D eigenvalue weighted by Gasteiger charge is 2.15. The molecule has 0 aliphatic rings. The molecule has 0 atom stereocenters. The van der Waals surface area contributed by atoms with Gasteiger partial charge in [0.25, 0.3) is 0 Å². The molecule has 0 unspecified atom stereocenters. The topological polar surface area (TPSA) is 68.3 Å². The number of nitrogens with two attached hydrogens (primary N) is 1. The van der Waals surface area contributed by atoms with E-state index in [2.05, 4.69) is 41.5 Å². The Morgan fingerprint density at radius 3 is 1.64 bits per heavy atom. The summed E-state index contributed by atoms with van der Waals surface area (Å²) < 4.78 is 11.4. The van der Waals surface area contributed by atoms with Gasteiger partial charge in [0.15, 0.2) is 0 Å². The lowest BCUT2D eigenvalue weighted by atomic mass is 9.87. The second-order valence-corrected chi connectivity index (χ2v) is 8.91. The fourth-order valence-corrected chi connectivity index (χ4v) is 2.58. The molecule has 0 amide bonds. The average molecular weight is 379 g/mol. The average Bonchev–Trinajstić information content (AvgIpc) is 2.63. The highest BCUT2D eigenvalue weighted by molar-refractivity contribution is 5.35. The summed E-state index contributed by atoms with van der Waals surface area (Å²) in [7, 11) is 0. The molecule has 2 aromatic carbocycles. The Labute approximate surface area is 168 Å². The summed E-state index contributed by atoms with van der Waals surface area (Å²) in [6.45, 7) is 13.0. The summed E-state index contributed by atoms with van der Waals surface area (Å²) in [6, 6.07) is 17.6. The van der Waals surface area contributed by atoms with E-state index in [1.807, 2.05) is 54.6 Å². The number of ether oxygens (including phenoxy) is 2. The minimum Gasteiger partial charge on any atom is -0.487 e. The van der Waals surface area contributed by atoms with Gasteiger partial charge in [-0.2, -0.15) is 5.26 Å². The van der Waals surface area contributed by atoms with Gasteiger partial charge in [-0.1, -0.05) is 65.8 Å². The van der Waals surface area contributed by atoms with Gasteiger partial charge in [-0.3, -0.25) is 0 Å². The van der Waals surface area contributed by atoms with Crippen LogP contribution in [0.15, 0.2) is 60.0 Å². The standard InChI is InChI=1S/C24H30N2O2/c1-23(2,3)17-7-11-19(12-8-17)27-16-21(26)22(15-25)28-20-13-9-18(10-14-20)24(4,5)6/h7-14H,16,26H2,1-6H3/b22-21-. The lowest BCUT2D eigenvalue weighted by Gasteiger charge is -2.19. The van der Waals surface area contributed by atoms with Crippen LogP contribution in [0.2, 0.25) is 0 Å². The maximum atomic E-state index is 9.40. The van der Waals surface area contributed by atoms with Crippen LogP contribution < -0.4 is 15.2 Å². The zero-order valence-electron chi connectivity index (χ0n) is 17.7.